The van der Waals surface area contributed by atoms with E-state index in [0.29, 0.717) is 19.5 Å². The minimum absolute atomic E-state index is 0.00839. The van der Waals surface area contributed by atoms with Gasteiger partial charge in [-0.05, 0) is 11.5 Å². The third-order valence-corrected chi connectivity index (χ3v) is 3.68. The first-order valence-corrected chi connectivity index (χ1v) is 6.90. The molecule has 0 bridgehead atoms. The first kappa shape index (κ1) is 14.5. The summed E-state index contributed by atoms with van der Waals surface area (Å²) >= 11 is 0. The van der Waals surface area contributed by atoms with Gasteiger partial charge in [0.25, 0.3) is 0 Å². The Kier molecular flexibility index (Phi) is 4.74. The molecule has 108 valence electrons. The fourth-order valence-corrected chi connectivity index (χ4v) is 2.27. The number of rotatable bonds is 4. The molecule has 0 aliphatic carbocycles. The van der Waals surface area contributed by atoms with Crippen molar-refractivity contribution in [1.29, 1.82) is 0 Å². The number of hydrogen-bond acceptors (Lipinski definition) is 3. The number of likely N-dealkylation sites (tertiary alicyclic amines) is 1. The number of carbonyl (C=O) groups excluding carboxylic acids is 2. The number of nitrogens with one attached hydrogen (secondary N) is 1. The Morgan fingerprint density at radius 1 is 1.40 bits per heavy atom. The highest BCUT2D eigenvalue weighted by molar-refractivity contribution is 5.85. The SMILES string of the molecule is CC1CC(=O)N(CC(=O)NCc2ccccc2)CC1N. The largest absolute Gasteiger partial charge is 0.350 e. The molecule has 1 aliphatic heterocycles. The van der Waals surface area contributed by atoms with E-state index in [0.717, 1.165) is 5.56 Å². The van der Waals surface area contributed by atoms with Gasteiger partial charge < -0.3 is 16.0 Å². The van der Waals surface area contributed by atoms with E-state index in [1.54, 1.807) is 4.90 Å². The van der Waals surface area contributed by atoms with Crippen LogP contribution in [-0.4, -0.2) is 35.8 Å². The van der Waals surface area contributed by atoms with Crippen LogP contribution in [0.5, 0.6) is 0 Å². The molecule has 2 unspecified atom stereocenters. The Labute approximate surface area is 119 Å². The second kappa shape index (κ2) is 6.52. The van der Waals surface area contributed by atoms with Gasteiger partial charge in [-0.2, -0.15) is 0 Å². The van der Waals surface area contributed by atoms with Crippen LogP contribution in [0, 0.1) is 5.92 Å². The highest BCUT2D eigenvalue weighted by Crippen LogP contribution is 2.16. The summed E-state index contributed by atoms with van der Waals surface area (Å²) in [5.41, 5.74) is 6.98. The van der Waals surface area contributed by atoms with Gasteiger partial charge in [0.2, 0.25) is 11.8 Å². The van der Waals surface area contributed by atoms with Gasteiger partial charge in [-0.1, -0.05) is 37.3 Å². The molecule has 1 fully saturated rings. The number of nitrogens with zero attached hydrogens (tertiary/aromatic N) is 1. The zero-order valence-corrected chi connectivity index (χ0v) is 11.7. The number of hydrogen-bond donors (Lipinski definition) is 2. The molecule has 2 atom stereocenters. The molecule has 5 nitrogen and oxygen atoms in total. The molecule has 0 spiro atoms. The minimum atomic E-state index is -0.149. The van der Waals surface area contributed by atoms with Crippen LogP contribution < -0.4 is 11.1 Å². The van der Waals surface area contributed by atoms with Crippen LogP contribution in [0.1, 0.15) is 18.9 Å². The van der Waals surface area contributed by atoms with Crippen LogP contribution in [0.15, 0.2) is 30.3 Å². The third kappa shape index (κ3) is 3.81. The summed E-state index contributed by atoms with van der Waals surface area (Å²) in [6, 6.07) is 9.63. The summed E-state index contributed by atoms with van der Waals surface area (Å²) in [7, 11) is 0. The standard InChI is InChI=1S/C15H21N3O2/c1-11-7-15(20)18(9-13(11)16)10-14(19)17-8-12-5-3-2-4-6-12/h2-6,11,13H,7-10,16H2,1H3,(H,17,19). The van der Waals surface area contributed by atoms with Crippen molar-refractivity contribution in [2.75, 3.05) is 13.1 Å². The third-order valence-electron chi connectivity index (χ3n) is 3.68. The summed E-state index contributed by atoms with van der Waals surface area (Å²) in [5, 5.41) is 2.82. The monoisotopic (exact) mass is 275 g/mol. The number of carbonyl (C=O) groups is 2. The van der Waals surface area contributed by atoms with Crippen molar-refractivity contribution >= 4 is 11.8 Å². The maximum atomic E-state index is 11.9. The van der Waals surface area contributed by atoms with Gasteiger partial charge in [0.05, 0.1) is 6.54 Å². The highest BCUT2D eigenvalue weighted by Gasteiger charge is 2.29. The Morgan fingerprint density at radius 3 is 2.80 bits per heavy atom. The molecule has 0 radical (unpaired) electrons. The molecular formula is C15H21N3O2. The Hall–Kier alpha value is -1.88. The molecule has 20 heavy (non-hydrogen) atoms. The van der Waals surface area contributed by atoms with Crippen molar-refractivity contribution in [3.8, 4) is 0 Å². The van der Waals surface area contributed by atoms with Crippen LogP contribution in [-0.2, 0) is 16.1 Å². The Balaban J connectivity index is 1.81. The second-order valence-corrected chi connectivity index (χ2v) is 5.38. The van der Waals surface area contributed by atoms with E-state index >= 15 is 0 Å². The lowest BCUT2D eigenvalue weighted by Crippen LogP contribution is -2.53. The lowest BCUT2D eigenvalue weighted by atomic mass is 9.94. The van der Waals surface area contributed by atoms with Crippen LogP contribution in [0.2, 0.25) is 0 Å². The minimum Gasteiger partial charge on any atom is -0.350 e. The van der Waals surface area contributed by atoms with Gasteiger partial charge in [0, 0.05) is 25.6 Å². The summed E-state index contributed by atoms with van der Waals surface area (Å²) in [6.45, 7) is 2.99. The zero-order valence-electron chi connectivity index (χ0n) is 11.7. The van der Waals surface area contributed by atoms with Crippen LogP contribution in [0.3, 0.4) is 0 Å². The Bertz CT molecular complexity index is 475. The van der Waals surface area contributed by atoms with Crippen molar-refractivity contribution in [2.45, 2.75) is 25.9 Å². The zero-order chi connectivity index (χ0) is 14.5. The molecule has 0 aromatic heterocycles. The maximum Gasteiger partial charge on any atom is 0.239 e. The summed E-state index contributed by atoms with van der Waals surface area (Å²) in [5.74, 6) is 0.0455. The molecule has 1 aliphatic rings. The van der Waals surface area contributed by atoms with Gasteiger partial charge in [-0.3, -0.25) is 9.59 Å². The van der Waals surface area contributed by atoms with E-state index in [2.05, 4.69) is 5.32 Å². The second-order valence-electron chi connectivity index (χ2n) is 5.38. The molecule has 2 rings (SSSR count). The molecular weight excluding hydrogens is 254 g/mol. The molecule has 0 saturated carbocycles. The van der Waals surface area contributed by atoms with E-state index in [4.69, 9.17) is 5.73 Å². The van der Waals surface area contributed by atoms with E-state index in [-0.39, 0.29) is 30.3 Å². The Morgan fingerprint density at radius 2 is 2.10 bits per heavy atom. The van der Waals surface area contributed by atoms with Crippen molar-refractivity contribution < 1.29 is 9.59 Å². The topological polar surface area (TPSA) is 75.4 Å². The maximum absolute atomic E-state index is 11.9. The van der Waals surface area contributed by atoms with Gasteiger partial charge in [0.1, 0.15) is 0 Å². The van der Waals surface area contributed by atoms with E-state index in [9.17, 15) is 9.59 Å². The van der Waals surface area contributed by atoms with Crippen molar-refractivity contribution in [3.63, 3.8) is 0 Å². The lowest BCUT2D eigenvalue weighted by Gasteiger charge is -2.34. The lowest BCUT2D eigenvalue weighted by molar-refractivity contribution is -0.139. The number of amides is 2. The molecule has 5 heteroatoms. The van der Waals surface area contributed by atoms with E-state index in [1.165, 1.54) is 0 Å². The molecule has 3 N–H and O–H groups in total. The van der Waals surface area contributed by atoms with E-state index in [1.807, 2.05) is 37.3 Å². The van der Waals surface area contributed by atoms with Gasteiger partial charge >= 0.3 is 0 Å². The first-order chi connectivity index (χ1) is 9.56. The molecule has 1 saturated heterocycles. The predicted molar refractivity (Wildman–Crippen MR) is 76.6 cm³/mol. The van der Waals surface area contributed by atoms with Crippen LogP contribution in [0.4, 0.5) is 0 Å². The van der Waals surface area contributed by atoms with E-state index < -0.39 is 0 Å². The molecule has 1 aromatic rings. The summed E-state index contributed by atoms with van der Waals surface area (Å²) < 4.78 is 0. The number of piperidine rings is 1. The van der Waals surface area contributed by atoms with Crippen molar-refractivity contribution in [1.82, 2.24) is 10.2 Å². The fourth-order valence-electron chi connectivity index (χ4n) is 2.27. The summed E-state index contributed by atoms with van der Waals surface area (Å²) in [6.07, 6.45) is 0.424. The van der Waals surface area contributed by atoms with Gasteiger partial charge in [-0.25, -0.2) is 0 Å². The normalized spacial score (nSPS) is 22.7. The molecule has 1 aromatic carbocycles. The van der Waals surface area contributed by atoms with Crippen molar-refractivity contribution in [3.05, 3.63) is 35.9 Å². The average Bonchev–Trinajstić information content (AvgIpc) is 2.44. The molecule has 2 amide bonds. The van der Waals surface area contributed by atoms with Gasteiger partial charge in [0.15, 0.2) is 0 Å². The van der Waals surface area contributed by atoms with Crippen LogP contribution in [0.25, 0.3) is 0 Å². The number of nitrogens with two attached hydrogens (primary N) is 1. The first-order valence-electron chi connectivity index (χ1n) is 6.90. The summed E-state index contributed by atoms with van der Waals surface area (Å²) in [4.78, 5) is 25.3. The van der Waals surface area contributed by atoms with Gasteiger partial charge in [-0.15, -0.1) is 0 Å². The highest BCUT2D eigenvalue weighted by atomic mass is 16.2. The predicted octanol–water partition coefficient (Wildman–Crippen LogP) is 0.499. The smallest absolute Gasteiger partial charge is 0.239 e. The fraction of sp³-hybridized carbons (Fsp3) is 0.467. The molecule has 1 heterocycles. The van der Waals surface area contributed by atoms with Crippen LogP contribution >= 0.6 is 0 Å². The average molecular weight is 275 g/mol. The number of benzene rings is 1. The van der Waals surface area contributed by atoms with Crippen molar-refractivity contribution in [2.24, 2.45) is 11.7 Å². The quantitative estimate of drug-likeness (QED) is 0.840.